The molecule has 0 aliphatic rings. The molecule has 0 aliphatic carbocycles. The summed E-state index contributed by atoms with van der Waals surface area (Å²) >= 11 is 1.77. The highest BCUT2D eigenvalue weighted by molar-refractivity contribution is 7.98. The lowest BCUT2D eigenvalue weighted by Gasteiger charge is -2.08. The molecule has 0 unspecified atom stereocenters. The summed E-state index contributed by atoms with van der Waals surface area (Å²) in [5.74, 6) is 1.06. The van der Waals surface area contributed by atoms with Gasteiger partial charge in [0.05, 0.1) is 66.1 Å². The number of hydrogen-bond acceptors (Lipinski definition) is 7. The van der Waals surface area contributed by atoms with Crippen LogP contribution in [0.15, 0.2) is 0 Å². The Morgan fingerprint density at radius 2 is 1.17 bits per heavy atom. The topological polar surface area (TPSA) is 75.3 Å². The van der Waals surface area contributed by atoms with Crippen molar-refractivity contribution in [1.29, 1.82) is 0 Å². The second-order valence-electron chi connectivity index (χ2n) is 4.76. The molecular formula is C16H33NO6S. The summed E-state index contributed by atoms with van der Waals surface area (Å²) in [6.07, 6.45) is 2.56. The van der Waals surface area contributed by atoms with E-state index in [1.807, 2.05) is 6.92 Å². The molecule has 24 heavy (non-hydrogen) atoms. The van der Waals surface area contributed by atoms with E-state index in [-0.39, 0.29) is 5.91 Å². The Morgan fingerprint density at radius 3 is 1.58 bits per heavy atom. The standard InChI is InChI=1S/C16H33NO6S/c1-3-16(18)17-4-5-19-6-7-20-8-9-21-10-11-22-12-13-23-14-15-24-2/h3-15H2,1-2H3,(H,17,18). The van der Waals surface area contributed by atoms with Crippen molar-refractivity contribution in [2.75, 3.05) is 84.6 Å². The highest BCUT2D eigenvalue weighted by Gasteiger charge is 1.96. The van der Waals surface area contributed by atoms with E-state index in [1.54, 1.807) is 11.8 Å². The van der Waals surface area contributed by atoms with Crippen LogP contribution in [0.3, 0.4) is 0 Å². The highest BCUT2D eigenvalue weighted by atomic mass is 32.2. The summed E-state index contributed by atoms with van der Waals surface area (Å²) in [4.78, 5) is 11.0. The first kappa shape index (κ1) is 23.6. The van der Waals surface area contributed by atoms with Gasteiger partial charge in [0.25, 0.3) is 0 Å². The Bertz CT molecular complexity index is 271. The van der Waals surface area contributed by atoms with Crippen LogP contribution < -0.4 is 5.32 Å². The zero-order chi connectivity index (χ0) is 17.7. The van der Waals surface area contributed by atoms with Gasteiger partial charge in [-0.25, -0.2) is 0 Å². The smallest absolute Gasteiger partial charge is 0.219 e. The number of ether oxygens (including phenoxy) is 5. The first-order valence-electron chi connectivity index (χ1n) is 8.45. The number of amides is 1. The lowest BCUT2D eigenvalue weighted by atomic mass is 10.4. The zero-order valence-corrected chi connectivity index (χ0v) is 15.9. The van der Waals surface area contributed by atoms with Crippen LogP contribution >= 0.6 is 11.8 Å². The third-order valence-corrected chi connectivity index (χ3v) is 3.38. The van der Waals surface area contributed by atoms with E-state index >= 15 is 0 Å². The Hall–Kier alpha value is -0.380. The average molecular weight is 368 g/mol. The lowest BCUT2D eigenvalue weighted by Crippen LogP contribution is -2.26. The molecule has 1 amide bonds. The number of rotatable bonds is 19. The molecule has 144 valence electrons. The molecule has 0 heterocycles. The number of hydrogen-bond donors (Lipinski definition) is 1. The van der Waals surface area contributed by atoms with Gasteiger partial charge in [0.1, 0.15) is 0 Å². The van der Waals surface area contributed by atoms with Gasteiger partial charge in [-0.3, -0.25) is 4.79 Å². The molecule has 0 aromatic rings. The van der Waals surface area contributed by atoms with Gasteiger partial charge < -0.3 is 29.0 Å². The zero-order valence-electron chi connectivity index (χ0n) is 15.1. The van der Waals surface area contributed by atoms with Crippen molar-refractivity contribution in [3.8, 4) is 0 Å². The van der Waals surface area contributed by atoms with Crippen LogP contribution in [0.25, 0.3) is 0 Å². The normalized spacial score (nSPS) is 10.9. The summed E-state index contributed by atoms with van der Waals surface area (Å²) in [6.45, 7) is 8.11. The van der Waals surface area contributed by atoms with E-state index in [9.17, 15) is 4.79 Å². The van der Waals surface area contributed by atoms with E-state index in [0.29, 0.717) is 72.4 Å². The molecule has 0 saturated carbocycles. The molecule has 0 radical (unpaired) electrons. The molecule has 0 rings (SSSR count). The van der Waals surface area contributed by atoms with Crippen molar-refractivity contribution in [3.63, 3.8) is 0 Å². The molecule has 0 bridgehead atoms. The van der Waals surface area contributed by atoms with E-state index < -0.39 is 0 Å². The number of thioether (sulfide) groups is 1. The molecule has 0 spiro atoms. The Labute approximate surface area is 150 Å². The van der Waals surface area contributed by atoms with Crippen molar-refractivity contribution < 1.29 is 28.5 Å². The van der Waals surface area contributed by atoms with Gasteiger partial charge in [0.15, 0.2) is 0 Å². The maximum atomic E-state index is 11.0. The number of carbonyl (C=O) groups is 1. The van der Waals surface area contributed by atoms with Gasteiger partial charge in [-0.15, -0.1) is 0 Å². The molecule has 0 aromatic heterocycles. The van der Waals surface area contributed by atoms with Gasteiger partial charge in [-0.05, 0) is 6.26 Å². The summed E-state index contributed by atoms with van der Waals surface area (Å²) in [7, 11) is 0. The predicted octanol–water partition coefficient (Wildman–Crippen LogP) is 0.959. The lowest BCUT2D eigenvalue weighted by molar-refractivity contribution is -0.121. The van der Waals surface area contributed by atoms with E-state index in [0.717, 1.165) is 12.4 Å². The van der Waals surface area contributed by atoms with Crippen molar-refractivity contribution in [1.82, 2.24) is 5.32 Å². The average Bonchev–Trinajstić information content (AvgIpc) is 2.60. The largest absolute Gasteiger partial charge is 0.378 e. The van der Waals surface area contributed by atoms with E-state index in [2.05, 4.69) is 11.6 Å². The molecular weight excluding hydrogens is 334 g/mol. The molecule has 0 saturated heterocycles. The summed E-state index contributed by atoms with van der Waals surface area (Å²) in [6, 6.07) is 0. The van der Waals surface area contributed by atoms with Gasteiger partial charge in [0, 0.05) is 18.7 Å². The van der Waals surface area contributed by atoms with Gasteiger partial charge >= 0.3 is 0 Å². The minimum Gasteiger partial charge on any atom is -0.378 e. The fourth-order valence-corrected chi connectivity index (χ4v) is 1.80. The van der Waals surface area contributed by atoms with Crippen LogP contribution in [0, 0.1) is 0 Å². The summed E-state index contributed by atoms with van der Waals surface area (Å²) in [5, 5.41) is 2.74. The Morgan fingerprint density at radius 1 is 0.750 bits per heavy atom. The van der Waals surface area contributed by atoms with Crippen molar-refractivity contribution in [3.05, 3.63) is 0 Å². The minimum atomic E-state index is 0.0408. The van der Waals surface area contributed by atoms with Gasteiger partial charge in [-0.2, -0.15) is 11.8 Å². The fraction of sp³-hybridized carbons (Fsp3) is 0.938. The molecule has 0 aliphatic heterocycles. The monoisotopic (exact) mass is 367 g/mol. The molecule has 0 atom stereocenters. The summed E-state index contributed by atoms with van der Waals surface area (Å²) in [5.41, 5.74) is 0. The molecule has 7 nitrogen and oxygen atoms in total. The van der Waals surface area contributed by atoms with E-state index in [4.69, 9.17) is 23.7 Å². The maximum absolute atomic E-state index is 11.0. The second-order valence-corrected chi connectivity index (χ2v) is 5.74. The van der Waals surface area contributed by atoms with Gasteiger partial charge in [-0.1, -0.05) is 6.92 Å². The van der Waals surface area contributed by atoms with Crippen LogP contribution in [0.1, 0.15) is 13.3 Å². The van der Waals surface area contributed by atoms with Crippen LogP contribution in [0.2, 0.25) is 0 Å². The van der Waals surface area contributed by atoms with E-state index in [1.165, 1.54) is 0 Å². The quantitative estimate of drug-likeness (QED) is 0.341. The van der Waals surface area contributed by atoms with Crippen LogP contribution in [0.5, 0.6) is 0 Å². The van der Waals surface area contributed by atoms with Crippen molar-refractivity contribution in [2.45, 2.75) is 13.3 Å². The third kappa shape index (κ3) is 19.7. The first-order chi connectivity index (χ1) is 11.8. The van der Waals surface area contributed by atoms with Crippen molar-refractivity contribution >= 4 is 17.7 Å². The first-order valence-corrected chi connectivity index (χ1v) is 9.85. The number of nitrogens with one attached hydrogen (secondary N) is 1. The second kappa shape index (κ2) is 20.7. The predicted molar refractivity (Wildman–Crippen MR) is 95.8 cm³/mol. The highest BCUT2D eigenvalue weighted by Crippen LogP contribution is 1.90. The summed E-state index contributed by atoms with van der Waals surface area (Å²) < 4.78 is 26.8. The molecule has 1 N–H and O–H groups in total. The van der Waals surface area contributed by atoms with Crippen LogP contribution in [0.4, 0.5) is 0 Å². The molecule has 0 aromatic carbocycles. The fourth-order valence-electron chi connectivity index (χ4n) is 1.51. The van der Waals surface area contributed by atoms with Crippen molar-refractivity contribution in [2.24, 2.45) is 0 Å². The maximum Gasteiger partial charge on any atom is 0.219 e. The van der Waals surface area contributed by atoms with Crippen LogP contribution in [-0.4, -0.2) is 90.5 Å². The SMILES string of the molecule is CCC(=O)NCCOCCOCCOCCOCCOCCSC. The molecule has 0 fully saturated rings. The number of carbonyl (C=O) groups excluding carboxylic acids is 1. The van der Waals surface area contributed by atoms with Gasteiger partial charge in [0.2, 0.25) is 5.91 Å². The Balaban J connectivity index is 2.99. The molecule has 8 heteroatoms. The van der Waals surface area contributed by atoms with Crippen LogP contribution in [-0.2, 0) is 28.5 Å². The minimum absolute atomic E-state index is 0.0408. The third-order valence-electron chi connectivity index (χ3n) is 2.81. The Kier molecular flexibility index (Phi) is 20.3.